The van der Waals surface area contributed by atoms with Gasteiger partial charge in [-0.05, 0) is 49.1 Å². The van der Waals surface area contributed by atoms with Crippen molar-refractivity contribution < 1.29 is 9.53 Å². The van der Waals surface area contributed by atoms with Crippen LogP contribution in [-0.4, -0.2) is 39.6 Å². The predicted octanol–water partition coefficient (Wildman–Crippen LogP) is 3.85. The molecule has 2 heterocycles. The molecule has 0 unspecified atom stereocenters. The average Bonchev–Trinajstić information content (AvgIpc) is 3.28. The second kappa shape index (κ2) is 7.61. The molecule has 4 rings (SSSR count). The quantitative estimate of drug-likeness (QED) is 0.765. The number of aromatic nitrogens is 3. The van der Waals surface area contributed by atoms with Gasteiger partial charge in [0.1, 0.15) is 12.1 Å². The molecule has 1 aliphatic rings. The van der Waals surface area contributed by atoms with Gasteiger partial charge < -0.3 is 9.64 Å². The van der Waals surface area contributed by atoms with Crippen molar-refractivity contribution in [2.45, 2.75) is 25.3 Å². The molecule has 1 saturated heterocycles. The SMILES string of the molecule is COc1cccc([C@H]2CCCCN2C(=O)c2ccc(-c3ncn[nH]3)cc2)c1. The summed E-state index contributed by atoms with van der Waals surface area (Å²) in [6, 6.07) is 15.6. The first-order chi connectivity index (χ1) is 13.3. The predicted molar refractivity (Wildman–Crippen MR) is 102 cm³/mol. The van der Waals surface area contributed by atoms with E-state index in [-0.39, 0.29) is 11.9 Å². The third-order valence-corrected chi connectivity index (χ3v) is 5.06. The maximum Gasteiger partial charge on any atom is 0.254 e. The number of benzene rings is 2. The number of piperidine rings is 1. The molecular weight excluding hydrogens is 340 g/mol. The summed E-state index contributed by atoms with van der Waals surface area (Å²) < 4.78 is 5.36. The highest BCUT2D eigenvalue weighted by Crippen LogP contribution is 2.33. The van der Waals surface area contributed by atoms with E-state index in [2.05, 4.69) is 21.2 Å². The highest BCUT2D eigenvalue weighted by molar-refractivity contribution is 5.95. The number of aromatic amines is 1. The van der Waals surface area contributed by atoms with Gasteiger partial charge in [-0.25, -0.2) is 4.98 Å². The standard InChI is InChI=1S/C21H22N4O2/c1-27-18-6-4-5-17(13-18)19-7-2-3-12-25(19)21(26)16-10-8-15(9-11-16)20-22-14-23-24-20/h4-6,8-11,13-14,19H,2-3,7,12H2,1H3,(H,22,23,24)/t19-/m1/s1. The van der Waals surface area contributed by atoms with Gasteiger partial charge in [-0.15, -0.1) is 0 Å². The van der Waals surface area contributed by atoms with E-state index in [1.165, 1.54) is 6.33 Å². The molecular formula is C21H22N4O2. The fourth-order valence-electron chi connectivity index (χ4n) is 3.65. The number of methoxy groups -OCH3 is 1. The summed E-state index contributed by atoms with van der Waals surface area (Å²) in [6.07, 6.45) is 4.59. The van der Waals surface area contributed by atoms with Crippen molar-refractivity contribution in [3.8, 4) is 17.1 Å². The molecule has 6 nitrogen and oxygen atoms in total. The van der Waals surface area contributed by atoms with E-state index in [1.54, 1.807) is 7.11 Å². The van der Waals surface area contributed by atoms with Gasteiger partial charge in [0.15, 0.2) is 5.82 Å². The number of nitrogens with one attached hydrogen (secondary N) is 1. The van der Waals surface area contributed by atoms with Crippen molar-refractivity contribution in [2.24, 2.45) is 0 Å². The second-order valence-electron chi connectivity index (χ2n) is 6.70. The smallest absolute Gasteiger partial charge is 0.254 e. The summed E-state index contributed by atoms with van der Waals surface area (Å²) in [5.41, 5.74) is 2.72. The van der Waals surface area contributed by atoms with Crippen molar-refractivity contribution in [3.63, 3.8) is 0 Å². The first-order valence-corrected chi connectivity index (χ1v) is 9.17. The minimum atomic E-state index is 0.0617. The van der Waals surface area contributed by atoms with Gasteiger partial charge in [-0.1, -0.05) is 24.3 Å². The molecule has 0 saturated carbocycles. The topological polar surface area (TPSA) is 71.1 Å². The zero-order chi connectivity index (χ0) is 18.6. The van der Waals surface area contributed by atoms with Crippen LogP contribution in [0.5, 0.6) is 5.75 Å². The summed E-state index contributed by atoms with van der Waals surface area (Å²) in [5.74, 6) is 1.58. The van der Waals surface area contributed by atoms with Gasteiger partial charge >= 0.3 is 0 Å². The zero-order valence-electron chi connectivity index (χ0n) is 15.3. The molecule has 0 bridgehead atoms. The third kappa shape index (κ3) is 3.56. The Kier molecular flexibility index (Phi) is 4.87. The van der Waals surface area contributed by atoms with Crippen LogP contribution < -0.4 is 4.74 Å². The van der Waals surface area contributed by atoms with Gasteiger partial charge in [0, 0.05) is 17.7 Å². The normalized spacial score (nSPS) is 16.9. The molecule has 0 spiro atoms. The van der Waals surface area contributed by atoms with Crippen LogP contribution in [0.1, 0.15) is 41.2 Å². The molecule has 3 aromatic rings. The maximum atomic E-state index is 13.2. The minimum Gasteiger partial charge on any atom is -0.497 e. The molecule has 1 atom stereocenters. The van der Waals surface area contributed by atoms with E-state index in [1.807, 2.05) is 47.4 Å². The van der Waals surface area contributed by atoms with Gasteiger partial charge in [0.05, 0.1) is 13.2 Å². The van der Waals surface area contributed by atoms with Crippen molar-refractivity contribution in [1.29, 1.82) is 0 Å². The third-order valence-electron chi connectivity index (χ3n) is 5.06. The van der Waals surface area contributed by atoms with Gasteiger partial charge in [0.25, 0.3) is 5.91 Å². The molecule has 138 valence electrons. The molecule has 6 heteroatoms. The Morgan fingerprint density at radius 2 is 2.04 bits per heavy atom. The molecule has 1 N–H and O–H groups in total. The Balaban J connectivity index is 1.58. The van der Waals surface area contributed by atoms with Crippen LogP contribution in [-0.2, 0) is 0 Å². The fourth-order valence-corrected chi connectivity index (χ4v) is 3.65. The second-order valence-corrected chi connectivity index (χ2v) is 6.70. The van der Waals surface area contributed by atoms with E-state index in [4.69, 9.17) is 4.74 Å². The molecule has 2 aromatic carbocycles. The highest BCUT2D eigenvalue weighted by atomic mass is 16.5. The molecule has 1 aromatic heterocycles. The van der Waals surface area contributed by atoms with E-state index in [9.17, 15) is 4.79 Å². The first-order valence-electron chi connectivity index (χ1n) is 9.17. The maximum absolute atomic E-state index is 13.2. The molecule has 0 aliphatic carbocycles. The Hall–Kier alpha value is -3.15. The number of ether oxygens (including phenoxy) is 1. The summed E-state index contributed by atoms with van der Waals surface area (Å²) in [6.45, 7) is 0.768. The lowest BCUT2D eigenvalue weighted by atomic mass is 9.94. The summed E-state index contributed by atoms with van der Waals surface area (Å²) in [7, 11) is 1.67. The van der Waals surface area contributed by atoms with E-state index in [0.717, 1.165) is 42.7 Å². The van der Waals surface area contributed by atoms with Crippen LogP contribution in [0.3, 0.4) is 0 Å². The van der Waals surface area contributed by atoms with Gasteiger partial charge in [0.2, 0.25) is 0 Å². The molecule has 1 fully saturated rings. The summed E-state index contributed by atoms with van der Waals surface area (Å²) >= 11 is 0. The van der Waals surface area contributed by atoms with Crippen molar-refractivity contribution in [1.82, 2.24) is 20.1 Å². The number of likely N-dealkylation sites (tertiary alicyclic amines) is 1. The van der Waals surface area contributed by atoms with Crippen molar-refractivity contribution >= 4 is 5.91 Å². The van der Waals surface area contributed by atoms with E-state index >= 15 is 0 Å². The molecule has 27 heavy (non-hydrogen) atoms. The highest BCUT2D eigenvalue weighted by Gasteiger charge is 2.29. The van der Waals surface area contributed by atoms with E-state index in [0.29, 0.717) is 11.4 Å². The minimum absolute atomic E-state index is 0.0617. The largest absolute Gasteiger partial charge is 0.497 e. The lowest BCUT2D eigenvalue weighted by Gasteiger charge is -2.36. The van der Waals surface area contributed by atoms with Gasteiger partial charge in [-0.2, -0.15) is 5.10 Å². The van der Waals surface area contributed by atoms with Crippen LogP contribution >= 0.6 is 0 Å². The molecule has 0 radical (unpaired) electrons. The number of carbonyl (C=O) groups is 1. The van der Waals surface area contributed by atoms with Crippen LogP contribution in [0.25, 0.3) is 11.4 Å². The number of hydrogen-bond acceptors (Lipinski definition) is 4. The van der Waals surface area contributed by atoms with E-state index < -0.39 is 0 Å². The Bertz CT molecular complexity index is 906. The Morgan fingerprint density at radius 1 is 1.19 bits per heavy atom. The summed E-state index contributed by atoms with van der Waals surface area (Å²) in [4.78, 5) is 19.3. The number of rotatable bonds is 4. The first kappa shape index (κ1) is 17.3. The number of carbonyl (C=O) groups excluding carboxylic acids is 1. The number of amides is 1. The van der Waals surface area contributed by atoms with Crippen LogP contribution in [0.15, 0.2) is 54.9 Å². The number of nitrogens with zero attached hydrogens (tertiary/aromatic N) is 3. The zero-order valence-corrected chi connectivity index (χ0v) is 15.3. The summed E-state index contributed by atoms with van der Waals surface area (Å²) in [5, 5.41) is 6.70. The van der Waals surface area contributed by atoms with Crippen LogP contribution in [0.4, 0.5) is 0 Å². The lowest BCUT2D eigenvalue weighted by molar-refractivity contribution is 0.0611. The van der Waals surface area contributed by atoms with Gasteiger partial charge in [-0.3, -0.25) is 9.89 Å². The monoisotopic (exact) mass is 362 g/mol. The van der Waals surface area contributed by atoms with Crippen molar-refractivity contribution in [3.05, 3.63) is 66.0 Å². The van der Waals surface area contributed by atoms with Crippen LogP contribution in [0.2, 0.25) is 0 Å². The molecule has 1 aliphatic heterocycles. The fraction of sp³-hybridized carbons (Fsp3) is 0.286. The number of hydrogen-bond donors (Lipinski definition) is 1. The lowest BCUT2D eigenvalue weighted by Crippen LogP contribution is -2.38. The molecule has 1 amide bonds. The van der Waals surface area contributed by atoms with Crippen LogP contribution in [0, 0.1) is 0 Å². The number of H-pyrrole nitrogens is 1. The Morgan fingerprint density at radius 3 is 2.78 bits per heavy atom. The Labute approximate surface area is 158 Å². The van der Waals surface area contributed by atoms with Crippen molar-refractivity contribution in [2.75, 3.05) is 13.7 Å². The average molecular weight is 362 g/mol.